The minimum absolute atomic E-state index is 0.395. The van der Waals surface area contributed by atoms with Crippen LogP contribution in [-0.4, -0.2) is 42.1 Å². The lowest BCUT2D eigenvalue weighted by molar-refractivity contribution is -0.169. The summed E-state index contributed by atoms with van der Waals surface area (Å²) in [5.41, 5.74) is 4.03. The lowest BCUT2D eigenvalue weighted by Crippen LogP contribution is -2.45. The van der Waals surface area contributed by atoms with Crippen LogP contribution in [-0.2, 0) is 9.47 Å². The Labute approximate surface area is 164 Å². The van der Waals surface area contributed by atoms with Crippen molar-refractivity contribution in [1.29, 1.82) is 0 Å². The van der Waals surface area contributed by atoms with Crippen molar-refractivity contribution in [2.75, 3.05) is 36.5 Å². The number of aryl methyl sites for hydroxylation is 3. The van der Waals surface area contributed by atoms with Gasteiger partial charge in [0.15, 0.2) is 5.79 Å². The van der Waals surface area contributed by atoms with Gasteiger partial charge in [0.2, 0.25) is 5.95 Å². The van der Waals surface area contributed by atoms with E-state index in [0.717, 1.165) is 60.2 Å². The molecule has 2 aliphatic heterocycles. The van der Waals surface area contributed by atoms with E-state index in [1.165, 1.54) is 0 Å². The third-order valence-corrected chi connectivity index (χ3v) is 5.45. The van der Waals surface area contributed by atoms with Crippen molar-refractivity contribution < 1.29 is 9.47 Å². The van der Waals surface area contributed by atoms with Crippen LogP contribution < -0.4 is 10.2 Å². The number of halogens is 1. The van der Waals surface area contributed by atoms with Gasteiger partial charge in [-0.3, -0.25) is 0 Å². The Morgan fingerprint density at radius 1 is 1.04 bits per heavy atom. The van der Waals surface area contributed by atoms with Crippen LogP contribution in [0, 0.1) is 20.8 Å². The molecule has 3 heterocycles. The minimum atomic E-state index is -0.395. The maximum atomic E-state index is 6.44. The van der Waals surface area contributed by atoms with E-state index in [-0.39, 0.29) is 0 Å². The van der Waals surface area contributed by atoms with Gasteiger partial charge >= 0.3 is 0 Å². The van der Waals surface area contributed by atoms with E-state index in [0.29, 0.717) is 18.2 Å². The highest BCUT2D eigenvalue weighted by molar-refractivity contribution is 6.33. The molecule has 6 nitrogen and oxygen atoms in total. The number of ether oxygens (including phenoxy) is 2. The highest BCUT2D eigenvalue weighted by atomic mass is 35.5. The Hall–Kier alpha value is -1.89. The van der Waals surface area contributed by atoms with Gasteiger partial charge in [0.25, 0.3) is 0 Å². The number of hydrogen-bond acceptors (Lipinski definition) is 6. The van der Waals surface area contributed by atoms with E-state index in [4.69, 9.17) is 26.1 Å². The molecule has 144 valence electrons. The highest BCUT2D eigenvalue weighted by Gasteiger charge is 2.40. The van der Waals surface area contributed by atoms with E-state index >= 15 is 0 Å². The molecule has 1 N–H and O–H groups in total. The van der Waals surface area contributed by atoms with Crippen molar-refractivity contribution in [3.8, 4) is 0 Å². The standard InChI is InChI=1S/C20H25ClN4O2/c1-13-10-14(2)18(16(21)11-13)23-17-12-15(3)22-19(24-17)25-6-4-20(5-7-25)26-8-9-27-20/h10-12H,4-9H2,1-3H3,(H,22,23,24). The van der Waals surface area contributed by atoms with Gasteiger partial charge in [0.05, 0.1) is 23.9 Å². The first kappa shape index (κ1) is 18.5. The monoisotopic (exact) mass is 388 g/mol. The van der Waals surface area contributed by atoms with Gasteiger partial charge in [0.1, 0.15) is 5.82 Å². The number of aromatic nitrogens is 2. The van der Waals surface area contributed by atoms with E-state index in [2.05, 4.69) is 21.3 Å². The Balaban J connectivity index is 1.54. The van der Waals surface area contributed by atoms with Gasteiger partial charge in [0, 0.05) is 37.7 Å². The molecular weight excluding hydrogens is 364 g/mol. The van der Waals surface area contributed by atoms with Gasteiger partial charge in [-0.2, -0.15) is 4.98 Å². The number of benzene rings is 1. The smallest absolute Gasteiger partial charge is 0.227 e. The third kappa shape index (κ3) is 3.88. The van der Waals surface area contributed by atoms with Crippen molar-refractivity contribution in [3.63, 3.8) is 0 Å². The van der Waals surface area contributed by atoms with Crippen LogP contribution in [0.1, 0.15) is 29.7 Å². The minimum Gasteiger partial charge on any atom is -0.347 e. The van der Waals surface area contributed by atoms with Crippen LogP contribution >= 0.6 is 11.6 Å². The van der Waals surface area contributed by atoms with Crippen LogP contribution in [0.15, 0.2) is 18.2 Å². The molecule has 2 saturated heterocycles. The van der Waals surface area contributed by atoms with E-state index in [1.54, 1.807) is 0 Å². The lowest BCUT2D eigenvalue weighted by atomic mass is 10.0. The second kappa shape index (κ2) is 7.26. The lowest BCUT2D eigenvalue weighted by Gasteiger charge is -2.37. The van der Waals surface area contributed by atoms with Crippen LogP contribution in [0.2, 0.25) is 5.02 Å². The molecule has 0 bridgehead atoms. The van der Waals surface area contributed by atoms with Gasteiger partial charge in [-0.05, 0) is 38.0 Å². The number of hydrogen-bond donors (Lipinski definition) is 1. The summed E-state index contributed by atoms with van der Waals surface area (Å²) in [5.74, 6) is 1.08. The molecule has 0 unspecified atom stereocenters. The fourth-order valence-electron chi connectivity index (χ4n) is 3.79. The summed E-state index contributed by atoms with van der Waals surface area (Å²) < 4.78 is 11.6. The van der Waals surface area contributed by atoms with E-state index in [9.17, 15) is 0 Å². The number of piperidine rings is 1. The number of rotatable bonds is 3. The van der Waals surface area contributed by atoms with E-state index in [1.807, 2.05) is 32.9 Å². The molecule has 1 spiro atoms. The molecule has 0 aliphatic carbocycles. The molecule has 0 amide bonds. The predicted octanol–water partition coefficient (Wildman–Crippen LogP) is 4.14. The largest absolute Gasteiger partial charge is 0.347 e. The van der Waals surface area contributed by atoms with Crippen molar-refractivity contribution in [3.05, 3.63) is 40.0 Å². The Morgan fingerprint density at radius 2 is 1.74 bits per heavy atom. The second-order valence-electron chi connectivity index (χ2n) is 7.35. The summed E-state index contributed by atoms with van der Waals surface area (Å²) in [6, 6.07) is 6.00. The van der Waals surface area contributed by atoms with Gasteiger partial charge < -0.3 is 19.7 Å². The summed E-state index contributed by atoms with van der Waals surface area (Å²) in [7, 11) is 0. The van der Waals surface area contributed by atoms with Crippen LogP contribution in [0.5, 0.6) is 0 Å². The zero-order valence-electron chi connectivity index (χ0n) is 16.0. The fraction of sp³-hybridized carbons (Fsp3) is 0.500. The molecule has 0 saturated carbocycles. The molecule has 1 aromatic heterocycles. The Morgan fingerprint density at radius 3 is 2.41 bits per heavy atom. The molecule has 27 heavy (non-hydrogen) atoms. The zero-order valence-corrected chi connectivity index (χ0v) is 16.8. The highest BCUT2D eigenvalue weighted by Crippen LogP contribution is 2.33. The molecule has 0 radical (unpaired) electrons. The van der Waals surface area contributed by atoms with Gasteiger partial charge in [-0.1, -0.05) is 17.7 Å². The van der Waals surface area contributed by atoms with Crippen molar-refractivity contribution in [1.82, 2.24) is 9.97 Å². The quantitative estimate of drug-likeness (QED) is 0.852. The number of anilines is 3. The topological polar surface area (TPSA) is 59.5 Å². The molecule has 4 rings (SSSR count). The first-order valence-electron chi connectivity index (χ1n) is 9.36. The summed E-state index contributed by atoms with van der Waals surface area (Å²) in [6.07, 6.45) is 1.66. The summed E-state index contributed by atoms with van der Waals surface area (Å²) in [5, 5.41) is 4.07. The second-order valence-corrected chi connectivity index (χ2v) is 7.76. The van der Waals surface area contributed by atoms with Gasteiger partial charge in [-0.15, -0.1) is 0 Å². The summed E-state index contributed by atoms with van der Waals surface area (Å²) >= 11 is 6.44. The van der Waals surface area contributed by atoms with Crippen molar-refractivity contribution in [2.24, 2.45) is 0 Å². The van der Waals surface area contributed by atoms with Crippen LogP contribution in [0.3, 0.4) is 0 Å². The summed E-state index contributed by atoms with van der Waals surface area (Å²) in [6.45, 7) is 9.06. The molecular formula is C20H25ClN4O2. The van der Waals surface area contributed by atoms with E-state index < -0.39 is 5.79 Å². The Kier molecular flexibility index (Phi) is 4.97. The van der Waals surface area contributed by atoms with Gasteiger partial charge in [-0.25, -0.2) is 4.98 Å². The average molecular weight is 389 g/mol. The molecule has 1 aromatic carbocycles. The SMILES string of the molecule is Cc1cc(C)c(Nc2cc(C)nc(N3CCC4(CC3)OCCO4)n2)c(Cl)c1. The van der Waals surface area contributed by atoms with Crippen LogP contribution in [0.4, 0.5) is 17.5 Å². The zero-order chi connectivity index (χ0) is 19.0. The average Bonchev–Trinajstić information content (AvgIpc) is 3.06. The Bertz CT molecular complexity index is 819. The summed E-state index contributed by atoms with van der Waals surface area (Å²) in [4.78, 5) is 11.6. The first-order chi connectivity index (χ1) is 12.9. The van der Waals surface area contributed by atoms with Crippen molar-refractivity contribution in [2.45, 2.75) is 39.4 Å². The molecule has 2 aliphatic rings. The molecule has 2 aromatic rings. The number of nitrogens with zero attached hydrogens (tertiary/aromatic N) is 3. The fourth-order valence-corrected chi connectivity index (χ4v) is 4.16. The maximum absolute atomic E-state index is 6.44. The number of nitrogens with one attached hydrogen (secondary N) is 1. The molecule has 0 atom stereocenters. The predicted molar refractivity (Wildman–Crippen MR) is 107 cm³/mol. The maximum Gasteiger partial charge on any atom is 0.227 e. The molecule has 7 heteroatoms. The first-order valence-corrected chi connectivity index (χ1v) is 9.74. The molecule has 2 fully saturated rings. The van der Waals surface area contributed by atoms with Crippen molar-refractivity contribution >= 4 is 29.1 Å². The van der Waals surface area contributed by atoms with Crippen LogP contribution in [0.25, 0.3) is 0 Å². The normalized spacial score (nSPS) is 18.9. The third-order valence-electron chi connectivity index (χ3n) is 5.15.